The molecule has 1 saturated heterocycles. The summed E-state index contributed by atoms with van der Waals surface area (Å²) >= 11 is 0. The summed E-state index contributed by atoms with van der Waals surface area (Å²) in [5.41, 5.74) is -0.714. The quantitative estimate of drug-likeness (QED) is 0.629. The van der Waals surface area contributed by atoms with Gasteiger partial charge in [-0.1, -0.05) is 6.92 Å². The van der Waals surface area contributed by atoms with Crippen molar-refractivity contribution in [2.24, 2.45) is 5.41 Å². The maximum Gasteiger partial charge on any atom is 0.264 e. The predicted molar refractivity (Wildman–Crippen MR) is 30.9 cm³/mol. The SMILES string of the molecule is CC1(C(O)C(F)F)COC1. The number of rotatable bonds is 2. The molecule has 60 valence electrons. The van der Waals surface area contributed by atoms with Gasteiger partial charge in [-0.25, -0.2) is 8.78 Å². The number of alkyl halides is 2. The average Bonchev–Trinajstić information content (AvgIpc) is 1.81. The van der Waals surface area contributed by atoms with E-state index in [0.29, 0.717) is 0 Å². The Morgan fingerprint density at radius 2 is 2.00 bits per heavy atom. The Morgan fingerprint density at radius 3 is 2.10 bits per heavy atom. The van der Waals surface area contributed by atoms with Crippen LogP contribution in [0.4, 0.5) is 8.78 Å². The molecule has 0 spiro atoms. The fraction of sp³-hybridized carbons (Fsp3) is 1.00. The molecule has 1 aliphatic rings. The van der Waals surface area contributed by atoms with E-state index in [1.165, 1.54) is 0 Å². The van der Waals surface area contributed by atoms with Crippen LogP contribution >= 0.6 is 0 Å². The lowest BCUT2D eigenvalue weighted by Crippen LogP contribution is -2.51. The van der Waals surface area contributed by atoms with Crippen molar-refractivity contribution in [3.05, 3.63) is 0 Å². The molecule has 0 aromatic carbocycles. The fourth-order valence-electron chi connectivity index (χ4n) is 0.899. The van der Waals surface area contributed by atoms with Crippen molar-refractivity contribution >= 4 is 0 Å². The molecular weight excluding hydrogens is 142 g/mol. The maximum absolute atomic E-state index is 11.8. The Morgan fingerprint density at radius 1 is 1.50 bits per heavy atom. The van der Waals surface area contributed by atoms with Crippen LogP contribution in [0, 0.1) is 5.41 Å². The van der Waals surface area contributed by atoms with Gasteiger partial charge in [0.05, 0.1) is 13.2 Å². The molecule has 1 atom stereocenters. The molecule has 2 nitrogen and oxygen atoms in total. The number of aliphatic hydroxyl groups is 1. The third kappa shape index (κ3) is 1.13. The molecule has 0 aromatic heterocycles. The molecule has 0 radical (unpaired) electrons. The number of aliphatic hydroxyl groups excluding tert-OH is 1. The van der Waals surface area contributed by atoms with Crippen LogP contribution in [0.5, 0.6) is 0 Å². The lowest BCUT2D eigenvalue weighted by molar-refractivity contribution is -0.194. The lowest BCUT2D eigenvalue weighted by Gasteiger charge is -2.41. The molecule has 10 heavy (non-hydrogen) atoms. The number of hydrogen-bond donors (Lipinski definition) is 1. The van der Waals surface area contributed by atoms with Crippen molar-refractivity contribution in [2.75, 3.05) is 13.2 Å². The maximum atomic E-state index is 11.8. The molecule has 4 heteroatoms. The van der Waals surface area contributed by atoms with Crippen LogP contribution in [0.1, 0.15) is 6.92 Å². The molecule has 1 N–H and O–H groups in total. The van der Waals surface area contributed by atoms with Crippen molar-refractivity contribution in [2.45, 2.75) is 19.5 Å². The summed E-state index contributed by atoms with van der Waals surface area (Å²) < 4.78 is 28.4. The summed E-state index contributed by atoms with van der Waals surface area (Å²) in [5.74, 6) is 0. The molecule has 0 saturated carbocycles. The molecule has 0 aromatic rings. The van der Waals surface area contributed by atoms with Gasteiger partial charge < -0.3 is 9.84 Å². The van der Waals surface area contributed by atoms with Gasteiger partial charge in [-0.05, 0) is 0 Å². The van der Waals surface area contributed by atoms with Crippen molar-refractivity contribution in [3.8, 4) is 0 Å². The summed E-state index contributed by atoms with van der Waals surface area (Å²) in [6, 6.07) is 0. The molecule has 1 unspecified atom stereocenters. The van der Waals surface area contributed by atoms with Crippen molar-refractivity contribution in [1.82, 2.24) is 0 Å². The Labute approximate surface area is 57.8 Å². The van der Waals surface area contributed by atoms with E-state index in [9.17, 15) is 8.78 Å². The zero-order valence-corrected chi connectivity index (χ0v) is 5.68. The van der Waals surface area contributed by atoms with Crippen LogP contribution in [-0.2, 0) is 4.74 Å². The van der Waals surface area contributed by atoms with Gasteiger partial charge in [0, 0.05) is 5.41 Å². The number of ether oxygens (including phenoxy) is 1. The highest BCUT2D eigenvalue weighted by molar-refractivity contribution is 4.88. The second-order valence-electron chi connectivity index (χ2n) is 2.93. The van der Waals surface area contributed by atoms with E-state index < -0.39 is 17.9 Å². The van der Waals surface area contributed by atoms with Gasteiger partial charge >= 0.3 is 0 Å². The molecule has 0 amide bonds. The highest BCUT2D eigenvalue weighted by Crippen LogP contribution is 2.33. The van der Waals surface area contributed by atoms with Crippen LogP contribution in [0.15, 0.2) is 0 Å². The molecule has 0 aliphatic carbocycles. The fourth-order valence-corrected chi connectivity index (χ4v) is 0.899. The smallest absolute Gasteiger partial charge is 0.264 e. The van der Waals surface area contributed by atoms with Crippen LogP contribution in [0.25, 0.3) is 0 Å². The Bertz CT molecular complexity index is 123. The first-order valence-corrected chi connectivity index (χ1v) is 3.10. The molecule has 1 aliphatic heterocycles. The van der Waals surface area contributed by atoms with Crippen molar-refractivity contribution < 1.29 is 18.6 Å². The third-order valence-corrected chi connectivity index (χ3v) is 1.82. The highest BCUT2D eigenvalue weighted by atomic mass is 19.3. The van der Waals surface area contributed by atoms with E-state index in [0.717, 1.165) is 0 Å². The first kappa shape index (κ1) is 7.88. The van der Waals surface area contributed by atoms with E-state index in [4.69, 9.17) is 9.84 Å². The minimum Gasteiger partial charge on any atom is -0.386 e. The summed E-state index contributed by atoms with van der Waals surface area (Å²) in [7, 11) is 0. The lowest BCUT2D eigenvalue weighted by atomic mass is 9.82. The van der Waals surface area contributed by atoms with E-state index in [1.54, 1.807) is 6.92 Å². The monoisotopic (exact) mass is 152 g/mol. The van der Waals surface area contributed by atoms with E-state index in [-0.39, 0.29) is 13.2 Å². The van der Waals surface area contributed by atoms with Crippen LogP contribution < -0.4 is 0 Å². The minimum atomic E-state index is -2.66. The van der Waals surface area contributed by atoms with Crippen LogP contribution in [0.2, 0.25) is 0 Å². The second kappa shape index (κ2) is 2.43. The van der Waals surface area contributed by atoms with Gasteiger partial charge in [0.1, 0.15) is 6.10 Å². The molecular formula is C6H10F2O2. The van der Waals surface area contributed by atoms with Crippen molar-refractivity contribution in [3.63, 3.8) is 0 Å². The Hall–Kier alpha value is -0.220. The molecule has 1 heterocycles. The topological polar surface area (TPSA) is 29.5 Å². The number of halogens is 2. The third-order valence-electron chi connectivity index (χ3n) is 1.82. The first-order chi connectivity index (χ1) is 4.56. The van der Waals surface area contributed by atoms with Gasteiger partial charge in [0.15, 0.2) is 0 Å². The number of hydrogen-bond acceptors (Lipinski definition) is 2. The van der Waals surface area contributed by atoms with E-state index in [1.807, 2.05) is 0 Å². The summed E-state index contributed by atoms with van der Waals surface area (Å²) in [4.78, 5) is 0. The summed E-state index contributed by atoms with van der Waals surface area (Å²) in [5, 5.41) is 8.88. The average molecular weight is 152 g/mol. The Kier molecular flexibility index (Phi) is 1.92. The highest BCUT2D eigenvalue weighted by Gasteiger charge is 2.44. The second-order valence-corrected chi connectivity index (χ2v) is 2.93. The van der Waals surface area contributed by atoms with Gasteiger partial charge in [0.2, 0.25) is 0 Å². The van der Waals surface area contributed by atoms with Crippen LogP contribution in [0.3, 0.4) is 0 Å². The van der Waals surface area contributed by atoms with Crippen molar-refractivity contribution in [1.29, 1.82) is 0 Å². The van der Waals surface area contributed by atoms with E-state index in [2.05, 4.69) is 0 Å². The summed E-state index contributed by atoms with van der Waals surface area (Å²) in [6.45, 7) is 2.06. The van der Waals surface area contributed by atoms with Gasteiger partial charge in [0.25, 0.3) is 6.43 Å². The first-order valence-electron chi connectivity index (χ1n) is 3.10. The van der Waals surface area contributed by atoms with Gasteiger partial charge in [-0.2, -0.15) is 0 Å². The minimum absolute atomic E-state index is 0.235. The zero-order valence-electron chi connectivity index (χ0n) is 5.68. The molecule has 1 rings (SSSR count). The Balaban J connectivity index is 2.46. The largest absolute Gasteiger partial charge is 0.386 e. The molecule has 0 bridgehead atoms. The molecule has 1 fully saturated rings. The summed E-state index contributed by atoms with van der Waals surface area (Å²) in [6.07, 6.45) is -4.20. The standard InChI is InChI=1S/C6H10F2O2/c1-6(2-10-3-6)4(9)5(7)8/h4-5,9H,2-3H2,1H3. The normalized spacial score (nSPS) is 26.1. The van der Waals surface area contributed by atoms with E-state index >= 15 is 0 Å². The van der Waals surface area contributed by atoms with Gasteiger partial charge in [-0.15, -0.1) is 0 Å². The van der Waals surface area contributed by atoms with Gasteiger partial charge in [-0.3, -0.25) is 0 Å². The zero-order chi connectivity index (χ0) is 7.78. The van der Waals surface area contributed by atoms with Crippen LogP contribution in [-0.4, -0.2) is 30.8 Å². The predicted octanol–water partition coefficient (Wildman–Crippen LogP) is 0.649.